The SMILES string of the molecule is CC1Oc2ccc(CNCC3CCCC(CN)C3)cc2N=C1N. The molecule has 0 saturated heterocycles. The molecule has 23 heavy (non-hydrogen) atoms. The number of benzene rings is 1. The number of ether oxygens (including phenoxy) is 1. The standard InChI is InChI=1S/C18H28N4O/c1-12-18(20)22-16-8-15(5-6-17(16)23-12)11-21-10-14-4-2-3-13(7-14)9-19/h5-6,8,12-14,21H,2-4,7,9-11,19H2,1H3,(H2,20,22). The first-order valence-corrected chi connectivity index (χ1v) is 8.70. The van der Waals surface area contributed by atoms with E-state index in [-0.39, 0.29) is 6.10 Å². The zero-order valence-electron chi connectivity index (χ0n) is 13.9. The van der Waals surface area contributed by atoms with Crippen LogP contribution in [0.15, 0.2) is 23.2 Å². The van der Waals surface area contributed by atoms with Crippen LogP contribution in [0.3, 0.4) is 0 Å². The summed E-state index contributed by atoms with van der Waals surface area (Å²) in [6.07, 6.45) is 5.06. The molecule has 1 heterocycles. The number of nitrogens with two attached hydrogens (primary N) is 2. The Labute approximate surface area is 138 Å². The van der Waals surface area contributed by atoms with Gasteiger partial charge in [0.15, 0.2) is 6.10 Å². The zero-order chi connectivity index (χ0) is 16.2. The lowest BCUT2D eigenvalue weighted by molar-refractivity contribution is 0.264. The van der Waals surface area contributed by atoms with E-state index in [1.165, 1.54) is 31.2 Å². The number of nitrogens with one attached hydrogen (secondary N) is 1. The number of hydrogen-bond acceptors (Lipinski definition) is 5. The normalized spacial score (nSPS) is 27.0. The van der Waals surface area contributed by atoms with Gasteiger partial charge in [-0.2, -0.15) is 0 Å². The summed E-state index contributed by atoms with van der Waals surface area (Å²) in [6, 6.07) is 6.15. The molecular weight excluding hydrogens is 288 g/mol. The monoisotopic (exact) mass is 316 g/mol. The largest absolute Gasteiger partial charge is 0.481 e. The number of aliphatic imine (C=N–C) groups is 1. The number of fused-ring (bicyclic) bond motifs is 1. The summed E-state index contributed by atoms with van der Waals surface area (Å²) in [5.41, 5.74) is 13.7. The third-order valence-electron chi connectivity index (χ3n) is 4.98. The molecule has 1 fully saturated rings. The van der Waals surface area contributed by atoms with Crippen LogP contribution in [0.25, 0.3) is 0 Å². The molecule has 0 radical (unpaired) electrons. The maximum Gasteiger partial charge on any atom is 0.153 e. The Balaban J connectivity index is 1.53. The van der Waals surface area contributed by atoms with Crippen LogP contribution in [0, 0.1) is 11.8 Å². The van der Waals surface area contributed by atoms with E-state index in [0.29, 0.717) is 5.84 Å². The van der Waals surface area contributed by atoms with Crippen molar-refractivity contribution in [2.75, 3.05) is 13.1 Å². The van der Waals surface area contributed by atoms with Crippen molar-refractivity contribution < 1.29 is 4.74 Å². The molecule has 5 nitrogen and oxygen atoms in total. The number of rotatable bonds is 5. The van der Waals surface area contributed by atoms with Crippen LogP contribution < -0.4 is 21.5 Å². The molecule has 3 unspecified atom stereocenters. The van der Waals surface area contributed by atoms with E-state index < -0.39 is 0 Å². The highest BCUT2D eigenvalue weighted by atomic mass is 16.5. The summed E-state index contributed by atoms with van der Waals surface area (Å²) in [5, 5.41) is 3.58. The fourth-order valence-electron chi connectivity index (χ4n) is 3.56. The van der Waals surface area contributed by atoms with Gasteiger partial charge in [0.1, 0.15) is 17.3 Å². The highest BCUT2D eigenvalue weighted by Crippen LogP contribution is 2.33. The minimum atomic E-state index is -0.145. The lowest BCUT2D eigenvalue weighted by Gasteiger charge is -2.28. The van der Waals surface area contributed by atoms with E-state index in [2.05, 4.69) is 22.4 Å². The fraction of sp³-hybridized carbons (Fsp3) is 0.611. The summed E-state index contributed by atoms with van der Waals surface area (Å²) < 4.78 is 5.73. The first-order chi connectivity index (χ1) is 11.2. The Bertz CT molecular complexity index is 572. The van der Waals surface area contributed by atoms with E-state index in [4.69, 9.17) is 16.2 Å². The highest BCUT2D eigenvalue weighted by molar-refractivity contribution is 5.89. The number of hydrogen-bond donors (Lipinski definition) is 3. The van der Waals surface area contributed by atoms with Crippen LogP contribution in [0.1, 0.15) is 38.2 Å². The van der Waals surface area contributed by atoms with Crippen molar-refractivity contribution in [3.05, 3.63) is 23.8 Å². The second-order valence-corrected chi connectivity index (χ2v) is 6.86. The molecule has 0 aromatic heterocycles. The lowest BCUT2D eigenvalue weighted by Crippen LogP contribution is -2.33. The maximum absolute atomic E-state index is 5.87. The van der Waals surface area contributed by atoms with Crippen LogP contribution in [0.5, 0.6) is 5.75 Å². The van der Waals surface area contributed by atoms with E-state index in [9.17, 15) is 0 Å². The van der Waals surface area contributed by atoms with Crippen molar-refractivity contribution in [2.45, 2.75) is 45.3 Å². The number of amidine groups is 1. The molecular formula is C18H28N4O. The molecule has 126 valence electrons. The zero-order valence-corrected chi connectivity index (χ0v) is 13.9. The van der Waals surface area contributed by atoms with Gasteiger partial charge in [0, 0.05) is 6.54 Å². The molecule has 1 aliphatic heterocycles. The molecule has 5 heteroatoms. The van der Waals surface area contributed by atoms with Crippen LogP contribution >= 0.6 is 0 Å². The average molecular weight is 316 g/mol. The Morgan fingerprint density at radius 1 is 1.30 bits per heavy atom. The van der Waals surface area contributed by atoms with Gasteiger partial charge < -0.3 is 21.5 Å². The fourth-order valence-corrected chi connectivity index (χ4v) is 3.56. The summed E-state index contributed by atoms with van der Waals surface area (Å²) in [7, 11) is 0. The molecule has 5 N–H and O–H groups in total. The molecule has 3 atom stereocenters. The highest BCUT2D eigenvalue weighted by Gasteiger charge is 2.21. The number of nitrogens with zero attached hydrogens (tertiary/aromatic N) is 1. The van der Waals surface area contributed by atoms with E-state index in [1.807, 2.05) is 13.0 Å². The van der Waals surface area contributed by atoms with E-state index in [0.717, 1.165) is 42.9 Å². The molecule has 1 aromatic rings. The van der Waals surface area contributed by atoms with E-state index in [1.54, 1.807) is 0 Å². The van der Waals surface area contributed by atoms with Gasteiger partial charge in [-0.3, -0.25) is 0 Å². The first-order valence-electron chi connectivity index (χ1n) is 8.70. The Hall–Kier alpha value is -1.59. The van der Waals surface area contributed by atoms with Gasteiger partial charge in [-0.15, -0.1) is 0 Å². The van der Waals surface area contributed by atoms with Crippen molar-refractivity contribution >= 4 is 11.5 Å². The summed E-state index contributed by atoms with van der Waals surface area (Å²) >= 11 is 0. The van der Waals surface area contributed by atoms with Crippen molar-refractivity contribution in [3.8, 4) is 5.75 Å². The Morgan fingerprint density at radius 3 is 2.96 bits per heavy atom. The quantitative estimate of drug-likeness (QED) is 0.778. The predicted octanol–water partition coefficient (Wildman–Crippen LogP) is 2.31. The summed E-state index contributed by atoms with van der Waals surface area (Å²) in [4.78, 5) is 4.43. The minimum Gasteiger partial charge on any atom is -0.481 e. The van der Waals surface area contributed by atoms with Crippen LogP contribution in [-0.2, 0) is 6.54 Å². The molecule has 0 bridgehead atoms. The molecule has 1 aliphatic carbocycles. The van der Waals surface area contributed by atoms with Crippen molar-refractivity contribution in [3.63, 3.8) is 0 Å². The third-order valence-corrected chi connectivity index (χ3v) is 4.98. The van der Waals surface area contributed by atoms with Gasteiger partial charge in [0.2, 0.25) is 0 Å². The smallest absolute Gasteiger partial charge is 0.153 e. The lowest BCUT2D eigenvalue weighted by atomic mass is 9.81. The minimum absolute atomic E-state index is 0.145. The molecule has 2 aliphatic rings. The summed E-state index contributed by atoms with van der Waals surface area (Å²) in [6.45, 7) is 4.66. The average Bonchev–Trinajstić information content (AvgIpc) is 2.56. The Kier molecular flexibility index (Phi) is 5.18. The molecule has 0 spiro atoms. The van der Waals surface area contributed by atoms with Crippen LogP contribution in [-0.4, -0.2) is 25.0 Å². The molecule has 0 amide bonds. The van der Waals surface area contributed by atoms with Crippen molar-refractivity contribution in [1.29, 1.82) is 0 Å². The second kappa shape index (κ2) is 7.32. The van der Waals surface area contributed by atoms with Crippen LogP contribution in [0.2, 0.25) is 0 Å². The third kappa shape index (κ3) is 4.03. The van der Waals surface area contributed by atoms with Crippen LogP contribution in [0.4, 0.5) is 5.69 Å². The van der Waals surface area contributed by atoms with Gasteiger partial charge >= 0.3 is 0 Å². The van der Waals surface area contributed by atoms with Gasteiger partial charge in [0.25, 0.3) is 0 Å². The molecule has 1 aromatic carbocycles. The topological polar surface area (TPSA) is 85.7 Å². The molecule has 3 rings (SSSR count). The van der Waals surface area contributed by atoms with Gasteiger partial charge in [-0.25, -0.2) is 4.99 Å². The maximum atomic E-state index is 5.87. The summed E-state index contributed by atoms with van der Waals surface area (Å²) in [5.74, 6) is 2.83. The van der Waals surface area contributed by atoms with Gasteiger partial charge in [-0.1, -0.05) is 12.5 Å². The molecule has 1 saturated carbocycles. The van der Waals surface area contributed by atoms with Crippen molar-refractivity contribution in [2.24, 2.45) is 28.3 Å². The van der Waals surface area contributed by atoms with Crippen molar-refractivity contribution in [1.82, 2.24) is 5.32 Å². The van der Waals surface area contributed by atoms with E-state index >= 15 is 0 Å². The first kappa shape index (κ1) is 16.3. The predicted molar refractivity (Wildman–Crippen MR) is 94.0 cm³/mol. The second-order valence-electron chi connectivity index (χ2n) is 6.86. The van der Waals surface area contributed by atoms with Gasteiger partial charge in [0.05, 0.1) is 0 Å². The Morgan fingerprint density at radius 2 is 2.13 bits per heavy atom. The van der Waals surface area contributed by atoms with Gasteiger partial charge in [-0.05, 0) is 68.8 Å².